The van der Waals surface area contributed by atoms with E-state index in [4.69, 9.17) is 5.11 Å². The van der Waals surface area contributed by atoms with Crippen LogP contribution in [0.4, 0.5) is 0 Å². The van der Waals surface area contributed by atoms with Crippen molar-refractivity contribution in [2.24, 2.45) is 0 Å². The molecule has 0 aliphatic carbocycles. The van der Waals surface area contributed by atoms with E-state index in [9.17, 15) is 9.59 Å². The average molecular weight is 292 g/mol. The number of hydrogen-bond acceptors (Lipinski definition) is 2. The fraction of sp³-hybridized carbons (Fsp3) is 0.0526. The fourth-order valence-electron chi connectivity index (χ4n) is 2.10. The molecule has 0 radical (unpaired) electrons. The molecule has 3 nitrogen and oxygen atoms in total. The molecule has 0 bridgehead atoms. The predicted octanol–water partition coefficient (Wildman–Crippen LogP) is 3.72. The highest BCUT2D eigenvalue weighted by molar-refractivity contribution is 6.16. The van der Waals surface area contributed by atoms with E-state index in [2.05, 4.69) is 0 Å². The predicted molar refractivity (Wildman–Crippen MR) is 86.4 cm³/mol. The topological polar surface area (TPSA) is 54.4 Å². The molecule has 0 saturated heterocycles. The van der Waals surface area contributed by atoms with E-state index in [1.165, 1.54) is 13.0 Å². The second-order valence-corrected chi connectivity index (χ2v) is 4.75. The second kappa shape index (κ2) is 7.18. The van der Waals surface area contributed by atoms with Gasteiger partial charge in [0.15, 0.2) is 5.78 Å². The first-order chi connectivity index (χ1) is 10.6. The van der Waals surface area contributed by atoms with Gasteiger partial charge in [0.2, 0.25) is 0 Å². The van der Waals surface area contributed by atoms with Gasteiger partial charge in [-0.3, -0.25) is 4.79 Å². The van der Waals surface area contributed by atoms with Crippen molar-refractivity contribution in [2.75, 3.05) is 0 Å². The summed E-state index contributed by atoms with van der Waals surface area (Å²) in [5.41, 5.74) is 2.54. The van der Waals surface area contributed by atoms with E-state index < -0.39 is 11.8 Å². The molecule has 110 valence electrons. The van der Waals surface area contributed by atoms with Crippen LogP contribution in [0.2, 0.25) is 0 Å². The highest BCUT2D eigenvalue weighted by Crippen LogP contribution is 2.23. The van der Waals surface area contributed by atoms with Crippen molar-refractivity contribution in [3.05, 3.63) is 89.5 Å². The molecule has 0 saturated carbocycles. The number of Topliss-reactive ketones (excluding diaryl/α,β-unsaturated/α-hetero) is 1. The van der Waals surface area contributed by atoms with E-state index in [-0.39, 0.29) is 5.57 Å². The Morgan fingerprint density at radius 1 is 0.818 bits per heavy atom. The molecule has 0 spiro atoms. The third kappa shape index (κ3) is 3.79. The van der Waals surface area contributed by atoms with Crippen LogP contribution in [0.25, 0.3) is 5.57 Å². The van der Waals surface area contributed by atoms with Crippen molar-refractivity contribution in [3.8, 4) is 0 Å². The van der Waals surface area contributed by atoms with E-state index in [0.717, 1.165) is 16.7 Å². The molecule has 22 heavy (non-hydrogen) atoms. The van der Waals surface area contributed by atoms with Gasteiger partial charge in [0.25, 0.3) is 0 Å². The van der Waals surface area contributed by atoms with Gasteiger partial charge in [0, 0.05) is 0 Å². The van der Waals surface area contributed by atoms with Gasteiger partial charge in [0.1, 0.15) is 5.57 Å². The molecule has 2 aromatic rings. The molecule has 0 aliphatic heterocycles. The Hall–Kier alpha value is -2.94. The third-order valence-corrected chi connectivity index (χ3v) is 3.20. The largest absolute Gasteiger partial charge is 0.478 e. The summed E-state index contributed by atoms with van der Waals surface area (Å²) in [5.74, 6) is -1.69. The SMILES string of the molecule is CC(=O)/C(=C/C=C(c1ccccc1)c1ccccc1)C(=O)O. The van der Waals surface area contributed by atoms with Gasteiger partial charge in [-0.2, -0.15) is 0 Å². The van der Waals surface area contributed by atoms with Gasteiger partial charge < -0.3 is 5.11 Å². The summed E-state index contributed by atoms with van der Waals surface area (Å²) in [6, 6.07) is 19.3. The van der Waals surface area contributed by atoms with Crippen LogP contribution in [0.15, 0.2) is 78.4 Å². The Morgan fingerprint density at radius 3 is 1.64 bits per heavy atom. The third-order valence-electron chi connectivity index (χ3n) is 3.20. The van der Waals surface area contributed by atoms with E-state index in [1.54, 1.807) is 6.08 Å². The number of carbonyl (C=O) groups is 2. The number of allylic oxidation sites excluding steroid dienone is 2. The summed E-state index contributed by atoms with van der Waals surface area (Å²) in [6.07, 6.45) is 3.04. The van der Waals surface area contributed by atoms with Crippen molar-refractivity contribution in [1.82, 2.24) is 0 Å². The minimum Gasteiger partial charge on any atom is -0.478 e. The Kier molecular flexibility index (Phi) is 5.04. The van der Waals surface area contributed by atoms with Crippen molar-refractivity contribution >= 4 is 17.3 Å². The van der Waals surface area contributed by atoms with Crippen LogP contribution >= 0.6 is 0 Å². The number of aliphatic carboxylic acids is 1. The maximum absolute atomic E-state index is 11.4. The van der Waals surface area contributed by atoms with Gasteiger partial charge in [-0.25, -0.2) is 4.79 Å². The first-order valence-electron chi connectivity index (χ1n) is 6.86. The van der Waals surface area contributed by atoms with E-state index >= 15 is 0 Å². The first-order valence-corrected chi connectivity index (χ1v) is 6.86. The number of rotatable bonds is 5. The molecule has 0 fully saturated rings. The molecule has 3 heteroatoms. The summed E-state index contributed by atoms with van der Waals surface area (Å²) in [4.78, 5) is 22.5. The highest BCUT2D eigenvalue weighted by atomic mass is 16.4. The van der Waals surface area contributed by atoms with Crippen LogP contribution in [0.1, 0.15) is 18.1 Å². The lowest BCUT2D eigenvalue weighted by Crippen LogP contribution is -2.08. The molecular formula is C19H16O3. The van der Waals surface area contributed by atoms with E-state index in [0.29, 0.717) is 0 Å². The van der Waals surface area contributed by atoms with Crippen molar-refractivity contribution in [2.45, 2.75) is 6.92 Å². The number of carboxylic acid groups (broad SMARTS) is 1. The summed E-state index contributed by atoms with van der Waals surface area (Å²) >= 11 is 0. The zero-order chi connectivity index (χ0) is 15.9. The van der Waals surface area contributed by atoms with Gasteiger partial charge >= 0.3 is 5.97 Å². The van der Waals surface area contributed by atoms with Gasteiger partial charge in [-0.15, -0.1) is 0 Å². The van der Waals surface area contributed by atoms with Gasteiger partial charge in [0.05, 0.1) is 0 Å². The van der Waals surface area contributed by atoms with Gasteiger partial charge in [-0.05, 0) is 29.7 Å². The van der Waals surface area contributed by atoms with Crippen molar-refractivity contribution in [1.29, 1.82) is 0 Å². The molecule has 0 heterocycles. The number of benzene rings is 2. The maximum atomic E-state index is 11.4. The Bertz CT molecular complexity index is 668. The molecule has 0 aromatic heterocycles. The standard InChI is InChI=1S/C19H16O3/c1-14(20)17(19(21)22)12-13-18(15-8-4-2-5-9-15)16-10-6-3-7-11-16/h2-13H,1H3,(H,21,22)/b17-12-. The lowest BCUT2D eigenvalue weighted by Gasteiger charge is -2.07. The zero-order valence-corrected chi connectivity index (χ0v) is 12.2. The summed E-state index contributed by atoms with van der Waals surface area (Å²) < 4.78 is 0. The van der Waals surface area contributed by atoms with Crippen molar-refractivity contribution < 1.29 is 14.7 Å². The van der Waals surface area contributed by atoms with Crippen LogP contribution in [-0.4, -0.2) is 16.9 Å². The molecule has 2 rings (SSSR count). The number of ketones is 1. The molecule has 2 aromatic carbocycles. The molecule has 0 amide bonds. The zero-order valence-electron chi connectivity index (χ0n) is 12.2. The van der Waals surface area contributed by atoms with Crippen LogP contribution in [-0.2, 0) is 9.59 Å². The molecule has 0 unspecified atom stereocenters. The normalized spacial score (nSPS) is 10.9. The molecule has 0 atom stereocenters. The minimum atomic E-state index is -1.22. The number of carbonyl (C=O) groups excluding carboxylic acids is 1. The molecule has 0 aliphatic rings. The lowest BCUT2D eigenvalue weighted by molar-refractivity contribution is -0.134. The minimum absolute atomic E-state index is 0.232. The Morgan fingerprint density at radius 2 is 1.27 bits per heavy atom. The summed E-state index contributed by atoms with van der Waals surface area (Å²) in [7, 11) is 0. The maximum Gasteiger partial charge on any atom is 0.339 e. The number of carboxylic acids is 1. The molecular weight excluding hydrogens is 276 g/mol. The van der Waals surface area contributed by atoms with Gasteiger partial charge in [-0.1, -0.05) is 66.7 Å². The lowest BCUT2D eigenvalue weighted by atomic mass is 9.97. The first kappa shape index (κ1) is 15.4. The monoisotopic (exact) mass is 292 g/mol. The Labute approximate surface area is 129 Å². The smallest absolute Gasteiger partial charge is 0.339 e. The van der Waals surface area contributed by atoms with E-state index in [1.807, 2.05) is 60.7 Å². The highest BCUT2D eigenvalue weighted by Gasteiger charge is 2.12. The fourth-order valence-corrected chi connectivity index (χ4v) is 2.10. The van der Waals surface area contributed by atoms with Crippen LogP contribution in [0.5, 0.6) is 0 Å². The van der Waals surface area contributed by atoms with Crippen LogP contribution < -0.4 is 0 Å². The summed E-state index contributed by atoms with van der Waals surface area (Å²) in [6.45, 7) is 1.25. The number of hydrogen-bond donors (Lipinski definition) is 1. The van der Waals surface area contributed by atoms with Crippen LogP contribution in [0, 0.1) is 0 Å². The second-order valence-electron chi connectivity index (χ2n) is 4.75. The molecule has 1 N–H and O–H groups in total. The quantitative estimate of drug-likeness (QED) is 0.395. The summed E-state index contributed by atoms with van der Waals surface area (Å²) in [5, 5.41) is 9.08. The van der Waals surface area contributed by atoms with Crippen molar-refractivity contribution in [3.63, 3.8) is 0 Å². The van der Waals surface area contributed by atoms with Crippen LogP contribution in [0.3, 0.4) is 0 Å². The average Bonchev–Trinajstić information content (AvgIpc) is 2.52. The Balaban J connectivity index is 2.55.